The van der Waals surface area contributed by atoms with Crippen LogP contribution in [-0.4, -0.2) is 56.8 Å². The van der Waals surface area contributed by atoms with E-state index in [1.807, 2.05) is 0 Å². The van der Waals surface area contributed by atoms with Crippen LogP contribution in [-0.2, 0) is 10.0 Å². The molecule has 1 fully saturated rings. The van der Waals surface area contributed by atoms with Gasteiger partial charge in [0.2, 0.25) is 10.0 Å². The van der Waals surface area contributed by atoms with Crippen molar-refractivity contribution in [1.29, 1.82) is 0 Å². The highest BCUT2D eigenvalue weighted by Gasteiger charge is 2.30. The third-order valence-electron chi connectivity index (χ3n) is 4.29. The first-order valence-corrected chi connectivity index (χ1v) is 9.55. The van der Waals surface area contributed by atoms with Gasteiger partial charge in [-0.2, -0.15) is 4.31 Å². The van der Waals surface area contributed by atoms with Gasteiger partial charge >= 0.3 is 0 Å². The van der Waals surface area contributed by atoms with Crippen molar-refractivity contribution in [2.45, 2.75) is 4.90 Å². The van der Waals surface area contributed by atoms with Gasteiger partial charge < -0.3 is 9.64 Å². The number of halogens is 1. The average Bonchev–Trinajstić information content (AvgIpc) is 2.68. The fourth-order valence-corrected chi connectivity index (χ4v) is 4.25. The van der Waals surface area contributed by atoms with Crippen molar-refractivity contribution in [2.75, 3.05) is 33.3 Å². The third kappa shape index (κ3) is 3.71. The number of carbonyl (C=O) groups is 1. The lowest BCUT2D eigenvalue weighted by Crippen LogP contribution is -2.50. The lowest BCUT2D eigenvalue weighted by atomic mass is 10.1. The molecule has 0 bridgehead atoms. The lowest BCUT2D eigenvalue weighted by Gasteiger charge is -2.34. The van der Waals surface area contributed by atoms with Crippen LogP contribution in [0.4, 0.5) is 4.39 Å². The molecule has 0 aliphatic carbocycles. The van der Waals surface area contributed by atoms with Gasteiger partial charge in [0.05, 0.1) is 12.0 Å². The molecule has 0 unspecified atom stereocenters. The molecule has 0 N–H and O–H groups in total. The first-order valence-electron chi connectivity index (χ1n) is 8.11. The summed E-state index contributed by atoms with van der Waals surface area (Å²) in [5.41, 5.74) is 0.499. The molecule has 1 aliphatic heterocycles. The first-order chi connectivity index (χ1) is 12.4. The predicted molar refractivity (Wildman–Crippen MR) is 94.1 cm³/mol. The van der Waals surface area contributed by atoms with Crippen molar-refractivity contribution >= 4 is 15.9 Å². The molecule has 3 rings (SSSR count). The zero-order chi connectivity index (χ0) is 18.7. The van der Waals surface area contributed by atoms with Crippen molar-refractivity contribution in [3.05, 3.63) is 59.9 Å². The van der Waals surface area contributed by atoms with E-state index in [2.05, 4.69) is 0 Å². The van der Waals surface area contributed by atoms with Crippen LogP contribution >= 0.6 is 0 Å². The van der Waals surface area contributed by atoms with Crippen LogP contribution in [0.3, 0.4) is 0 Å². The van der Waals surface area contributed by atoms with E-state index >= 15 is 0 Å². The van der Waals surface area contributed by atoms with Crippen molar-refractivity contribution in [1.82, 2.24) is 9.21 Å². The maximum Gasteiger partial charge on any atom is 0.254 e. The molecule has 0 atom stereocenters. The number of ether oxygens (including phenoxy) is 1. The molecule has 138 valence electrons. The van der Waals surface area contributed by atoms with Crippen molar-refractivity contribution in [3.8, 4) is 5.75 Å². The zero-order valence-corrected chi connectivity index (χ0v) is 15.1. The summed E-state index contributed by atoms with van der Waals surface area (Å²) in [5.74, 6) is -0.0613. The van der Waals surface area contributed by atoms with Gasteiger partial charge in [-0.15, -0.1) is 0 Å². The number of methoxy groups -OCH3 is 1. The van der Waals surface area contributed by atoms with Gasteiger partial charge in [0.15, 0.2) is 0 Å². The monoisotopic (exact) mass is 378 g/mol. The Morgan fingerprint density at radius 3 is 2.31 bits per heavy atom. The van der Waals surface area contributed by atoms with Crippen LogP contribution in [0.25, 0.3) is 0 Å². The molecule has 0 saturated carbocycles. The maximum atomic E-state index is 13.0. The SMILES string of the molecule is COc1cccc(C(=O)N2CCN(S(=O)(=O)c3ccc(F)cc3)CC2)c1. The van der Waals surface area contributed by atoms with E-state index in [1.54, 1.807) is 29.2 Å². The molecule has 0 radical (unpaired) electrons. The van der Waals surface area contributed by atoms with Gasteiger partial charge in [0, 0.05) is 31.7 Å². The second-order valence-electron chi connectivity index (χ2n) is 5.88. The van der Waals surface area contributed by atoms with Crippen molar-refractivity contribution in [2.24, 2.45) is 0 Å². The Bertz CT molecular complexity index is 892. The van der Waals surface area contributed by atoms with Crippen LogP contribution < -0.4 is 4.74 Å². The second-order valence-corrected chi connectivity index (χ2v) is 7.82. The van der Waals surface area contributed by atoms with Crippen LogP contribution in [0.1, 0.15) is 10.4 Å². The normalized spacial score (nSPS) is 15.7. The smallest absolute Gasteiger partial charge is 0.254 e. The Morgan fingerprint density at radius 1 is 1.04 bits per heavy atom. The average molecular weight is 378 g/mol. The van der Waals surface area contributed by atoms with Crippen LogP contribution in [0.2, 0.25) is 0 Å². The number of nitrogens with zero attached hydrogens (tertiary/aromatic N) is 2. The minimum absolute atomic E-state index is 0.0477. The highest BCUT2D eigenvalue weighted by atomic mass is 32.2. The summed E-state index contributed by atoms with van der Waals surface area (Å²) in [4.78, 5) is 14.3. The number of sulfonamides is 1. The van der Waals surface area contributed by atoms with E-state index in [0.29, 0.717) is 11.3 Å². The second kappa shape index (κ2) is 7.43. The van der Waals surface area contributed by atoms with E-state index in [4.69, 9.17) is 4.74 Å². The van der Waals surface area contributed by atoms with Crippen LogP contribution in [0.5, 0.6) is 5.75 Å². The molecule has 26 heavy (non-hydrogen) atoms. The topological polar surface area (TPSA) is 66.9 Å². The fourth-order valence-electron chi connectivity index (χ4n) is 2.83. The quantitative estimate of drug-likeness (QED) is 0.816. The molecule has 0 spiro atoms. The van der Waals surface area contributed by atoms with E-state index in [1.165, 1.54) is 23.5 Å². The molecule has 6 nitrogen and oxygen atoms in total. The molecule has 8 heteroatoms. The summed E-state index contributed by atoms with van der Waals surface area (Å²) >= 11 is 0. The number of carbonyl (C=O) groups excluding carboxylic acids is 1. The number of piperazine rings is 1. The minimum atomic E-state index is -3.69. The Balaban J connectivity index is 1.68. The van der Waals surface area contributed by atoms with E-state index in [-0.39, 0.29) is 37.0 Å². The van der Waals surface area contributed by atoms with Gasteiger partial charge in [-0.25, -0.2) is 12.8 Å². The van der Waals surface area contributed by atoms with Gasteiger partial charge in [-0.05, 0) is 42.5 Å². The molecule has 2 aromatic rings. The Kier molecular flexibility index (Phi) is 5.24. The summed E-state index contributed by atoms with van der Waals surface area (Å²) in [6, 6.07) is 11.6. The Hall–Kier alpha value is -2.45. The number of hydrogen-bond acceptors (Lipinski definition) is 4. The number of rotatable bonds is 4. The third-order valence-corrected chi connectivity index (χ3v) is 6.21. The largest absolute Gasteiger partial charge is 0.497 e. The molecule has 1 saturated heterocycles. The van der Waals surface area contributed by atoms with Gasteiger partial charge in [0.25, 0.3) is 5.91 Å². The zero-order valence-electron chi connectivity index (χ0n) is 14.3. The molecule has 1 amide bonds. The summed E-state index contributed by atoms with van der Waals surface area (Å²) in [6.45, 7) is 0.956. The minimum Gasteiger partial charge on any atom is -0.497 e. The molecule has 1 aliphatic rings. The number of benzene rings is 2. The van der Waals surface area contributed by atoms with Crippen LogP contribution in [0, 0.1) is 5.82 Å². The first kappa shape index (κ1) is 18.3. The lowest BCUT2D eigenvalue weighted by molar-refractivity contribution is 0.0697. The summed E-state index contributed by atoms with van der Waals surface area (Å²) in [6.07, 6.45) is 0. The number of amides is 1. The standard InChI is InChI=1S/C18H19FN2O4S/c1-25-16-4-2-3-14(13-16)18(22)20-9-11-21(12-10-20)26(23,24)17-7-5-15(19)6-8-17/h2-8,13H,9-12H2,1H3. The van der Waals surface area contributed by atoms with Crippen molar-refractivity contribution in [3.63, 3.8) is 0 Å². The summed E-state index contributed by atoms with van der Waals surface area (Å²) in [5, 5.41) is 0. The molecular weight excluding hydrogens is 359 g/mol. The van der Waals surface area contributed by atoms with Crippen LogP contribution in [0.15, 0.2) is 53.4 Å². The van der Waals surface area contributed by atoms with Gasteiger partial charge in [-0.3, -0.25) is 4.79 Å². The molecule has 1 heterocycles. The highest BCUT2D eigenvalue weighted by Crippen LogP contribution is 2.20. The predicted octanol–water partition coefficient (Wildman–Crippen LogP) is 1.98. The molecule has 0 aromatic heterocycles. The Morgan fingerprint density at radius 2 is 1.69 bits per heavy atom. The maximum absolute atomic E-state index is 13.0. The number of hydrogen-bond donors (Lipinski definition) is 0. The highest BCUT2D eigenvalue weighted by molar-refractivity contribution is 7.89. The Labute approximate surface area is 151 Å². The summed E-state index contributed by atoms with van der Waals surface area (Å²) in [7, 11) is -2.16. The summed E-state index contributed by atoms with van der Waals surface area (Å²) < 4.78 is 44.7. The van der Waals surface area contributed by atoms with E-state index in [0.717, 1.165) is 12.1 Å². The fraction of sp³-hybridized carbons (Fsp3) is 0.278. The van der Waals surface area contributed by atoms with Gasteiger partial charge in [-0.1, -0.05) is 6.07 Å². The van der Waals surface area contributed by atoms with Gasteiger partial charge in [0.1, 0.15) is 11.6 Å². The molecule has 2 aromatic carbocycles. The van der Waals surface area contributed by atoms with Crippen molar-refractivity contribution < 1.29 is 22.3 Å². The van der Waals surface area contributed by atoms with E-state index < -0.39 is 15.8 Å². The molecular formula is C18H19FN2O4S. The van der Waals surface area contributed by atoms with E-state index in [9.17, 15) is 17.6 Å².